The summed E-state index contributed by atoms with van der Waals surface area (Å²) in [6.07, 6.45) is 3.64. The van der Waals surface area contributed by atoms with Crippen LogP contribution in [0.1, 0.15) is 90.6 Å². The van der Waals surface area contributed by atoms with E-state index in [4.69, 9.17) is 9.47 Å². The molecule has 9 rings (SSSR count). The molecule has 4 aromatic heterocycles. The van der Waals surface area contributed by atoms with Gasteiger partial charge in [0, 0.05) is 64.0 Å². The third-order valence-electron chi connectivity index (χ3n) is 12.8. The first-order valence-corrected chi connectivity index (χ1v) is 21.8. The van der Waals surface area contributed by atoms with Crippen LogP contribution in [0.4, 0.5) is 24.7 Å². The number of hydrogen-bond donors (Lipinski definition) is 3. The van der Waals surface area contributed by atoms with Crippen molar-refractivity contribution in [3.05, 3.63) is 65.4 Å². The van der Waals surface area contributed by atoms with Gasteiger partial charge in [-0.2, -0.15) is 15.3 Å². The Morgan fingerprint density at radius 2 is 1.94 bits per heavy atom. The molecule has 3 N–H and O–H groups in total. The molecule has 17 nitrogen and oxygen atoms in total. The molecule has 0 radical (unpaired) electrons. The van der Waals surface area contributed by atoms with Crippen LogP contribution in [0, 0.1) is 17.8 Å². The predicted octanol–water partition coefficient (Wildman–Crippen LogP) is 3.93. The van der Waals surface area contributed by atoms with Crippen LogP contribution in [0.2, 0.25) is 0 Å². The van der Waals surface area contributed by atoms with Crippen LogP contribution >= 0.6 is 0 Å². The topological polar surface area (TPSA) is 186 Å². The lowest BCUT2D eigenvalue weighted by molar-refractivity contribution is -0.134. The van der Waals surface area contributed by atoms with E-state index in [-0.39, 0.29) is 67.0 Å². The van der Waals surface area contributed by atoms with Gasteiger partial charge in [-0.25, -0.2) is 22.7 Å². The number of imide groups is 1. The summed E-state index contributed by atoms with van der Waals surface area (Å²) in [5, 5.41) is 28.5. The zero-order chi connectivity index (χ0) is 44.5. The number of carbonyl (C=O) groups is 3. The van der Waals surface area contributed by atoms with Crippen molar-refractivity contribution in [1.29, 1.82) is 0 Å². The SMILES string of the molecule is Cn1nc([C@@H]2CCC(=O)NC2=O)c2cccc(C#CCO[C@@H]3CCN(CC4CCC(n5cc(NC(=O)c6cnn7ccc(N8CCO[C@@H](CO)C8)nc67)c(C(F)F)n5)CC4)C[C@@H]3F)c21. The Labute approximate surface area is 366 Å². The number of aliphatic hydroxyl groups excluding tert-OH is 1. The molecule has 4 fully saturated rings. The molecule has 338 valence electrons. The molecule has 64 heavy (non-hydrogen) atoms. The van der Waals surface area contributed by atoms with Gasteiger partial charge in [0.15, 0.2) is 11.3 Å². The number of alkyl halides is 3. The number of aromatic nitrogens is 7. The van der Waals surface area contributed by atoms with Crippen LogP contribution in [0.3, 0.4) is 0 Å². The molecule has 3 amide bonds. The van der Waals surface area contributed by atoms with E-state index in [1.807, 2.05) is 23.1 Å². The summed E-state index contributed by atoms with van der Waals surface area (Å²) >= 11 is 0. The third-order valence-corrected chi connectivity index (χ3v) is 12.8. The Morgan fingerprint density at radius 3 is 2.72 bits per heavy atom. The number of fused-ring (bicyclic) bond motifs is 2. The van der Waals surface area contributed by atoms with Crippen molar-refractivity contribution in [3.63, 3.8) is 0 Å². The first-order valence-electron chi connectivity index (χ1n) is 21.8. The Hall–Kier alpha value is -5.88. The highest BCUT2D eigenvalue weighted by Crippen LogP contribution is 2.36. The highest BCUT2D eigenvalue weighted by molar-refractivity contribution is 6.08. The smallest absolute Gasteiger partial charge is 0.284 e. The highest BCUT2D eigenvalue weighted by Gasteiger charge is 2.34. The molecule has 5 aromatic rings. The van der Waals surface area contributed by atoms with Crippen LogP contribution in [0.15, 0.2) is 42.9 Å². The fourth-order valence-electron chi connectivity index (χ4n) is 9.49. The van der Waals surface area contributed by atoms with Gasteiger partial charge in [-0.1, -0.05) is 24.0 Å². The summed E-state index contributed by atoms with van der Waals surface area (Å²) in [6, 6.07) is 7.22. The van der Waals surface area contributed by atoms with E-state index in [2.05, 4.69) is 47.7 Å². The average molecular weight is 886 g/mol. The molecule has 1 saturated carbocycles. The van der Waals surface area contributed by atoms with Gasteiger partial charge in [0.2, 0.25) is 11.8 Å². The van der Waals surface area contributed by atoms with Crippen molar-refractivity contribution < 1.29 is 42.1 Å². The van der Waals surface area contributed by atoms with E-state index < -0.39 is 36.2 Å². The molecule has 1 aromatic carbocycles. The lowest BCUT2D eigenvalue weighted by atomic mass is 9.85. The van der Waals surface area contributed by atoms with Crippen molar-refractivity contribution in [2.75, 3.05) is 62.8 Å². The molecule has 4 atom stereocenters. The number of para-hydroxylation sites is 1. The number of hydrogen-bond acceptors (Lipinski definition) is 12. The summed E-state index contributed by atoms with van der Waals surface area (Å²) < 4.78 is 60.2. The minimum Gasteiger partial charge on any atom is -0.394 e. The lowest BCUT2D eigenvalue weighted by Gasteiger charge is -2.38. The molecule has 20 heteroatoms. The number of rotatable bonds is 11. The van der Waals surface area contributed by atoms with Gasteiger partial charge in [-0.05, 0) is 56.6 Å². The number of morpholine rings is 1. The summed E-state index contributed by atoms with van der Waals surface area (Å²) in [6.45, 7) is 2.95. The van der Waals surface area contributed by atoms with Crippen LogP contribution in [-0.2, 0) is 26.1 Å². The van der Waals surface area contributed by atoms with Gasteiger partial charge in [0.1, 0.15) is 24.2 Å². The fourth-order valence-corrected chi connectivity index (χ4v) is 9.49. The van der Waals surface area contributed by atoms with Gasteiger partial charge in [-0.15, -0.1) is 0 Å². The molecule has 3 saturated heterocycles. The zero-order valence-electron chi connectivity index (χ0n) is 35.3. The first kappa shape index (κ1) is 43.4. The first-order chi connectivity index (χ1) is 31.0. The van der Waals surface area contributed by atoms with E-state index in [1.54, 1.807) is 24.0 Å². The molecular weight excluding hydrogens is 836 g/mol. The summed E-state index contributed by atoms with van der Waals surface area (Å²) in [5.41, 5.74) is 1.87. The molecular formula is C44H50F3N11O6. The van der Waals surface area contributed by atoms with Crippen molar-refractivity contribution >= 4 is 45.8 Å². The molecule has 1 aliphatic carbocycles. The number of carbonyl (C=O) groups excluding carboxylic acids is 3. The number of likely N-dealkylation sites (tertiary alicyclic amines) is 1. The highest BCUT2D eigenvalue weighted by atomic mass is 19.3. The fraction of sp³-hybridized carbons (Fsp3) is 0.523. The number of amides is 3. The number of ether oxygens (including phenoxy) is 2. The Bertz CT molecular complexity index is 2590. The number of aryl methyl sites for hydroxylation is 1. The number of nitrogens with zero attached hydrogens (tertiary/aromatic N) is 9. The maximum atomic E-state index is 15.5. The lowest BCUT2D eigenvalue weighted by Crippen LogP contribution is -2.47. The van der Waals surface area contributed by atoms with Crippen molar-refractivity contribution in [3.8, 4) is 11.8 Å². The quantitative estimate of drug-likeness (QED) is 0.129. The van der Waals surface area contributed by atoms with E-state index in [0.717, 1.165) is 30.3 Å². The van der Waals surface area contributed by atoms with Crippen LogP contribution < -0.4 is 15.5 Å². The predicted molar refractivity (Wildman–Crippen MR) is 227 cm³/mol. The monoisotopic (exact) mass is 885 g/mol. The van der Waals surface area contributed by atoms with Gasteiger partial charge in [0.05, 0.1) is 66.0 Å². The third kappa shape index (κ3) is 9.07. The molecule has 0 bridgehead atoms. The van der Waals surface area contributed by atoms with E-state index in [0.29, 0.717) is 74.9 Å². The Kier molecular flexibility index (Phi) is 12.7. The average Bonchev–Trinajstić information content (AvgIpc) is 4.01. The van der Waals surface area contributed by atoms with Crippen LogP contribution in [-0.4, -0.2) is 133 Å². The summed E-state index contributed by atoms with van der Waals surface area (Å²) in [7, 11) is 1.79. The van der Waals surface area contributed by atoms with Gasteiger partial charge >= 0.3 is 0 Å². The second-order valence-corrected chi connectivity index (χ2v) is 17.0. The van der Waals surface area contributed by atoms with Crippen molar-refractivity contribution in [2.24, 2.45) is 13.0 Å². The van der Waals surface area contributed by atoms with Gasteiger partial charge in [-0.3, -0.25) is 34.0 Å². The van der Waals surface area contributed by atoms with Gasteiger partial charge in [0.25, 0.3) is 12.3 Å². The van der Waals surface area contributed by atoms with E-state index in [1.165, 1.54) is 21.6 Å². The second kappa shape index (κ2) is 18.7. The summed E-state index contributed by atoms with van der Waals surface area (Å²) in [4.78, 5) is 46.5. The normalized spacial score (nSPS) is 24.6. The molecule has 0 spiro atoms. The van der Waals surface area contributed by atoms with Crippen LogP contribution in [0.5, 0.6) is 0 Å². The number of anilines is 2. The Balaban J connectivity index is 0.756. The molecule has 3 aliphatic heterocycles. The van der Waals surface area contributed by atoms with Crippen molar-refractivity contribution in [1.82, 2.24) is 44.4 Å². The van der Waals surface area contributed by atoms with Gasteiger partial charge < -0.3 is 24.8 Å². The number of benzene rings is 1. The van der Waals surface area contributed by atoms with E-state index >= 15 is 4.39 Å². The standard InChI is InChI=1S/C44H50F3N11O6/c1-54-40-27(4-2-6-30(40)38(52-54)31-11-12-37(60)51-43(31)61)5-3-18-64-35-13-15-55(23-33(35)45)21-26-7-9-28(10-8-26)58-24-34(39(53-58)41(46)47)49-44(62)32-20-48-57-16-14-36(50-42(32)57)56-17-19-63-29(22-56)25-59/h2,4,6,14,16,20,24,26,28-29,31,33,35,41,59H,7-13,15,17-19,21-23,25H2,1H3,(H,49,62)(H,51,60,61)/t26?,28?,29-,31+,33+,35-/m1/s1. The maximum Gasteiger partial charge on any atom is 0.284 e. The molecule has 7 heterocycles. The minimum absolute atomic E-state index is 0.0522. The number of nitrogens with one attached hydrogen (secondary N) is 2. The largest absolute Gasteiger partial charge is 0.394 e. The number of piperidine rings is 2. The molecule has 0 unspecified atom stereocenters. The van der Waals surface area contributed by atoms with Crippen molar-refractivity contribution in [2.45, 2.75) is 81.7 Å². The Morgan fingerprint density at radius 1 is 1.09 bits per heavy atom. The van der Waals surface area contributed by atoms with E-state index in [9.17, 15) is 28.3 Å². The number of aliphatic hydroxyl groups is 1. The number of halogens is 3. The summed E-state index contributed by atoms with van der Waals surface area (Å²) in [5.74, 6) is 5.25. The minimum atomic E-state index is -2.92. The zero-order valence-corrected chi connectivity index (χ0v) is 35.3. The van der Waals surface area contributed by atoms with Crippen LogP contribution in [0.25, 0.3) is 16.6 Å². The maximum absolute atomic E-state index is 15.5. The second-order valence-electron chi connectivity index (χ2n) is 17.0. The molecule has 4 aliphatic rings.